The molecule has 2 unspecified atom stereocenters. The first-order valence-corrected chi connectivity index (χ1v) is 23.9. The Hall–Kier alpha value is -5.48. The molecule has 0 aromatic heterocycles. The zero-order valence-corrected chi connectivity index (χ0v) is 37.3. The van der Waals surface area contributed by atoms with Gasteiger partial charge in [-0.1, -0.05) is 60.7 Å². The number of hydrogen-bond donors (Lipinski definition) is 0. The molecule has 6 aliphatic carbocycles. The SMILES string of the molecule is COC(=O)[C@@]12O[C@@](C(=O)OC)([C@H]3[C@H]4C[C@H]([C@H]5C(=O)N(Cc6ccccc6)C(=O)[C@@H]45)[C@H]31)[C@@H]1C3CC([C@@H]4[C@H]3[C@]3(C(=O)OC)O[C@@]4(C(=O)OC)[C@H]4[C@H]5C[C@H]([C@H]6C(=O)N(Cc7ccccc7)C(=O)[C@@H]56)[C@H]43)[C@@H]12. The smallest absolute Gasteiger partial charge is 0.338 e. The highest BCUT2D eigenvalue weighted by Crippen LogP contribution is 2.88. The Bertz CT molecular complexity index is 2370. The van der Waals surface area contributed by atoms with Gasteiger partial charge in [0.1, 0.15) is 0 Å². The zero-order chi connectivity index (χ0) is 46.2. The van der Waals surface area contributed by atoms with Crippen LogP contribution in [0.3, 0.4) is 0 Å². The third-order valence-electron chi connectivity index (χ3n) is 20.7. The first kappa shape index (κ1) is 40.6. The zero-order valence-electron chi connectivity index (χ0n) is 37.3. The van der Waals surface area contributed by atoms with Crippen LogP contribution in [-0.4, -0.2) is 108 Å². The fourth-order valence-electron chi connectivity index (χ4n) is 19.9. The first-order chi connectivity index (χ1) is 32.3. The van der Waals surface area contributed by atoms with Gasteiger partial charge in [-0.3, -0.25) is 29.0 Å². The largest absolute Gasteiger partial charge is 0.467 e. The second-order valence-corrected chi connectivity index (χ2v) is 21.8. The van der Waals surface area contributed by atoms with Crippen LogP contribution in [0.5, 0.6) is 0 Å². The quantitative estimate of drug-likeness (QED) is 0.212. The Balaban J connectivity index is 0.911. The van der Waals surface area contributed by atoms with Gasteiger partial charge < -0.3 is 28.4 Å². The van der Waals surface area contributed by atoms with E-state index < -0.39 is 153 Å². The second kappa shape index (κ2) is 12.8. The lowest BCUT2D eigenvalue weighted by Crippen LogP contribution is -2.69. The average molecular weight is 915 g/mol. The van der Waals surface area contributed by atoms with Crippen molar-refractivity contribution in [2.75, 3.05) is 28.4 Å². The van der Waals surface area contributed by atoms with Crippen molar-refractivity contribution in [2.24, 2.45) is 107 Å². The van der Waals surface area contributed by atoms with Gasteiger partial charge in [-0.25, -0.2) is 19.2 Å². The van der Waals surface area contributed by atoms with Crippen LogP contribution in [0.1, 0.15) is 30.4 Å². The minimum Gasteiger partial charge on any atom is -0.467 e. The van der Waals surface area contributed by atoms with Gasteiger partial charge in [-0.05, 0) is 65.9 Å². The Morgan fingerprint density at radius 3 is 0.925 bits per heavy atom. The average Bonchev–Trinajstić information content (AvgIpc) is 4.22. The Kier molecular flexibility index (Phi) is 7.74. The normalized spacial score (nSPS) is 49.6. The van der Waals surface area contributed by atoms with E-state index in [1.54, 1.807) is 0 Å². The van der Waals surface area contributed by atoms with E-state index in [2.05, 4.69) is 0 Å². The number of hydrogen-bond acceptors (Lipinski definition) is 14. The minimum absolute atomic E-state index is 0.0966. The second-order valence-electron chi connectivity index (χ2n) is 21.8. The van der Waals surface area contributed by atoms with Crippen LogP contribution < -0.4 is 0 Å². The maximum atomic E-state index is 15.1. The Morgan fingerprint density at radius 1 is 0.433 bits per heavy atom. The maximum absolute atomic E-state index is 15.1. The monoisotopic (exact) mass is 914 g/mol. The molecule has 4 amide bonds. The van der Waals surface area contributed by atoms with Crippen molar-refractivity contribution >= 4 is 47.5 Å². The molecule has 14 rings (SSSR count). The summed E-state index contributed by atoms with van der Waals surface area (Å²) in [6.45, 7) is 0.193. The van der Waals surface area contributed by atoms with Crippen molar-refractivity contribution in [3.63, 3.8) is 0 Å². The molecule has 22 atom stereocenters. The fraction of sp³-hybridized carbons (Fsp3) is 0.608. The molecule has 6 aliphatic heterocycles. The van der Waals surface area contributed by atoms with E-state index in [-0.39, 0.29) is 36.7 Å². The molecule has 0 N–H and O–H groups in total. The van der Waals surface area contributed by atoms with Crippen molar-refractivity contribution in [1.82, 2.24) is 9.80 Å². The van der Waals surface area contributed by atoms with E-state index in [1.165, 1.54) is 38.2 Å². The topological polar surface area (TPSA) is 198 Å². The van der Waals surface area contributed by atoms with E-state index in [0.717, 1.165) is 11.1 Å². The predicted molar refractivity (Wildman–Crippen MR) is 222 cm³/mol. The van der Waals surface area contributed by atoms with E-state index >= 15 is 19.2 Å². The summed E-state index contributed by atoms with van der Waals surface area (Å²) in [5.74, 6) is -16.0. The highest BCUT2D eigenvalue weighted by Gasteiger charge is 2.98. The van der Waals surface area contributed by atoms with Crippen molar-refractivity contribution < 1.29 is 66.8 Å². The molecule has 6 saturated heterocycles. The number of methoxy groups -OCH3 is 4. The van der Waals surface area contributed by atoms with E-state index in [4.69, 9.17) is 28.4 Å². The number of amides is 4. The molecule has 10 bridgehead atoms. The number of carbonyl (C=O) groups excluding carboxylic acids is 8. The number of fused-ring (bicyclic) bond motifs is 36. The van der Waals surface area contributed by atoms with Crippen molar-refractivity contribution in [1.29, 1.82) is 0 Å². The molecule has 6 heterocycles. The lowest BCUT2D eigenvalue weighted by molar-refractivity contribution is -0.193. The van der Waals surface area contributed by atoms with Crippen LogP contribution in [0.15, 0.2) is 60.7 Å². The minimum atomic E-state index is -1.79. The highest BCUT2D eigenvalue weighted by molar-refractivity contribution is 6.07. The number of esters is 4. The van der Waals surface area contributed by atoms with Gasteiger partial charge >= 0.3 is 23.9 Å². The summed E-state index contributed by atoms with van der Waals surface area (Å²) < 4.78 is 37.4. The lowest BCUT2D eigenvalue weighted by Gasteiger charge is -2.57. The van der Waals surface area contributed by atoms with E-state index in [0.29, 0.717) is 19.3 Å². The maximum Gasteiger partial charge on any atom is 0.338 e. The summed E-state index contributed by atoms with van der Waals surface area (Å²) in [5, 5.41) is 0. The number of nitrogens with zero attached hydrogens (tertiary/aromatic N) is 2. The van der Waals surface area contributed by atoms with Crippen molar-refractivity contribution in [3.8, 4) is 0 Å². The highest BCUT2D eigenvalue weighted by atomic mass is 16.6. The standard InChI is InChI=1S/C51H50N2O14/c1-62-44(58)48-32-22-15-23(29-28(22)40(54)52(41(29)55)18-20-11-7-5-8-12-20)33(32)49(66-48,45(59)63-2)37-27-17-26(36(37)48)38-39(27)51(47(61)65-4)35-25-16-24(34(35)50(38,67-51)46(60)64-3)30-31(25)43(57)53(42(30)56)19-21-13-9-6-10-14-21/h5-14,22-39H,15-19H2,1-4H3/t22-,23+,24+,25-,26?,27?,28-,29+,30+,31-,32-,33+,34+,35-,36+,37-,38-,39+,48-,49+,50+,51-. The fourth-order valence-corrected chi connectivity index (χ4v) is 19.9. The van der Waals surface area contributed by atoms with Crippen LogP contribution in [-0.2, 0) is 79.9 Å². The molecule has 0 radical (unpaired) electrons. The summed E-state index contributed by atoms with van der Waals surface area (Å²) in [6.07, 6.45) is 1.23. The third kappa shape index (κ3) is 4.04. The first-order valence-electron chi connectivity index (χ1n) is 23.9. The Morgan fingerprint density at radius 2 is 0.672 bits per heavy atom. The third-order valence-corrected chi connectivity index (χ3v) is 20.7. The van der Waals surface area contributed by atoms with Gasteiger partial charge in [-0.2, -0.15) is 0 Å². The van der Waals surface area contributed by atoms with Crippen molar-refractivity contribution in [3.05, 3.63) is 71.8 Å². The van der Waals surface area contributed by atoms with Gasteiger partial charge in [-0.15, -0.1) is 0 Å². The Labute approximate surface area is 384 Å². The molecule has 6 saturated carbocycles. The number of ether oxygens (including phenoxy) is 6. The summed E-state index contributed by atoms with van der Waals surface area (Å²) >= 11 is 0. The van der Waals surface area contributed by atoms with Crippen LogP contribution in [0.25, 0.3) is 0 Å². The molecule has 12 aliphatic rings. The molecular weight excluding hydrogens is 865 g/mol. The molecule has 16 heteroatoms. The summed E-state index contributed by atoms with van der Waals surface area (Å²) in [4.78, 5) is 121. The van der Waals surface area contributed by atoms with Gasteiger partial charge in [0.05, 0.1) is 65.2 Å². The number of benzene rings is 2. The number of imide groups is 2. The van der Waals surface area contributed by atoms with Crippen molar-refractivity contribution in [2.45, 2.75) is 54.8 Å². The summed E-state index contributed by atoms with van der Waals surface area (Å²) in [7, 11) is 5.11. The van der Waals surface area contributed by atoms with E-state index in [1.807, 2.05) is 60.7 Å². The van der Waals surface area contributed by atoms with Gasteiger partial charge in [0.15, 0.2) is 22.4 Å². The molecular formula is C51H50N2O14. The molecule has 0 spiro atoms. The van der Waals surface area contributed by atoms with Crippen LogP contribution in [0.2, 0.25) is 0 Å². The molecule has 2 aromatic carbocycles. The van der Waals surface area contributed by atoms with Crippen LogP contribution in [0, 0.1) is 107 Å². The molecule has 67 heavy (non-hydrogen) atoms. The summed E-state index contributed by atoms with van der Waals surface area (Å²) in [6, 6.07) is 18.6. The molecule has 348 valence electrons. The summed E-state index contributed by atoms with van der Waals surface area (Å²) in [5.41, 5.74) is -5.55. The number of rotatable bonds is 8. The molecule has 16 nitrogen and oxygen atoms in total. The number of likely N-dealkylation sites (tertiary alicyclic amines) is 2. The molecule has 12 fully saturated rings. The number of carbonyl (C=O) groups is 8. The van der Waals surface area contributed by atoms with Crippen LogP contribution >= 0.6 is 0 Å². The van der Waals surface area contributed by atoms with Crippen LogP contribution in [0.4, 0.5) is 0 Å². The van der Waals surface area contributed by atoms with Gasteiger partial charge in [0.25, 0.3) is 0 Å². The van der Waals surface area contributed by atoms with Gasteiger partial charge in [0.2, 0.25) is 23.6 Å². The molecule has 2 aromatic rings. The van der Waals surface area contributed by atoms with Gasteiger partial charge in [0, 0.05) is 47.3 Å². The van der Waals surface area contributed by atoms with E-state index in [9.17, 15) is 19.2 Å². The predicted octanol–water partition coefficient (Wildman–Crippen LogP) is 2.20. The lowest BCUT2D eigenvalue weighted by atomic mass is 9.41.